The van der Waals surface area contributed by atoms with Crippen LogP contribution in [0.25, 0.3) is 17.0 Å². The molecule has 4 rings (SSSR count). The lowest BCUT2D eigenvalue weighted by atomic mass is 10.1. The average molecular weight is 492 g/mol. The third-order valence-corrected chi connectivity index (χ3v) is 6.61. The van der Waals surface area contributed by atoms with Gasteiger partial charge in [0.25, 0.3) is 5.91 Å². The van der Waals surface area contributed by atoms with Crippen molar-refractivity contribution in [3.8, 4) is 0 Å². The van der Waals surface area contributed by atoms with Crippen LogP contribution >= 0.6 is 11.8 Å². The zero-order valence-corrected chi connectivity index (χ0v) is 21.1. The van der Waals surface area contributed by atoms with Crippen molar-refractivity contribution in [1.29, 1.82) is 0 Å². The highest BCUT2D eigenvalue weighted by atomic mass is 32.2. The number of carbonyl (C=O) groups is 2. The summed E-state index contributed by atoms with van der Waals surface area (Å²) in [5, 5.41) is 7.76. The van der Waals surface area contributed by atoms with E-state index in [-0.39, 0.29) is 18.4 Å². The fourth-order valence-electron chi connectivity index (χ4n) is 3.97. The number of para-hydroxylation sites is 2. The lowest BCUT2D eigenvalue weighted by Gasteiger charge is -2.22. The summed E-state index contributed by atoms with van der Waals surface area (Å²) in [7, 11) is 5.24. The van der Waals surface area contributed by atoms with Crippen LogP contribution in [0.5, 0.6) is 0 Å². The van der Waals surface area contributed by atoms with E-state index in [4.69, 9.17) is 9.73 Å². The van der Waals surface area contributed by atoms with Crippen LogP contribution in [0.15, 0.2) is 64.5 Å². The molecule has 1 aliphatic heterocycles. The van der Waals surface area contributed by atoms with Crippen LogP contribution in [0.1, 0.15) is 11.3 Å². The molecule has 2 heterocycles. The molecule has 0 saturated carbocycles. The standard InChI is InChI=1S/C26H29N5O3S/c1-18-21(20-12-8-9-13-22(20)30(18)17-24(32)27-14-15-34-4)16-23-25(33)31(29(2)3)26(35-23)28-19-10-6-5-7-11-19/h5-13,16H,14-15,17H2,1-4H3,(H,27,32). The van der Waals surface area contributed by atoms with Gasteiger partial charge in [0.1, 0.15) is 6.54 Å². The molecule has 9 heteroatoms. The number of aliphatic imine (C=N–C) groups is 1. The molecule has 1 saturated heterocycles. The van der Waals surface area contributed by atoms with Gasteiger partial charge in [0.2, 0.25) is 5.91 Å². The maximum absolute atomic E-state index is 13.4. The number of nitrogens with one attached hydrogen (secondary N) is 1. The Morgan fingerprint density at radius 1 is 1.14 bits per heavy atom. The number of ether oxygens (including phenoxy) is 1. The van der Waals surface area contributed by atoms with Crippen molar-refractivity contribution in [1.82, 2.24) is 19.9 Å². The van der Waals surface area contributed by atoms with Gasteiger partial charge >= 0.3 is 0 Å². The minimum absolute atomic E-state index is 0.0903. The normalized spacial score (nSPS) is 16.3. The predicted molar refractivity (Wildman–Crippen MR) is 141 cm³/mol. The number of amidine groups is 1. The van der Waals surface area contributed by atoms with Gasteiger partial charge in [-0.3, -0.25) is 9.59 Å². The van der Waals surface area contributed by atoms with E-state index in [0.29, 0.717) is 23.2 Å². The van der Waals surface area contributed by atoms with Crippen LogP contribution in [0.2, 0.25) is 0 Å². The number of methoxy groups -OCH3 is 1. The highest BCUT2D eigenvalue weighted by Gasteiger charge is 2.35. The van der Waals surface area contributed by atoms with E-state index in [1.807, 2.05) is 86.3 Å². The Balaban J connectivity index is 1.71. The van der Waals surface area contributed by atoms with E-state index < -0.39 is 0 Å². The molecule has 0 spiro atoms. The molecule has 1 aliphatic rings. The van der Waals surface area contributed by atoms with E-state index in [1.54, 1.807) is 17.1 Å². The van der Waals surface area contributed by atoms with Gasteiger partial charge in [0.05, 0.1) is 17.2 Å². The van der Waals surface area contributed by atoms with Crippen LogP contribution in [-0.2, 0) is 20.9 Å². The van der Waals surface area contributed by atoms with Gasteiger partial charge in [-0.1, -0.05) is 36.4 Å². The first kappa shape index (κ1) is 24.7. The van der Waals surface area contributed by atoms with E-state index in [0.717, 1.165) is 27.8 Å². The molecule has 182 valence electrons. The Bertz CT molecular complexity index is 1300. The number of rotatable bonds is 8. The van der Waals surface area contributed by atoms with Gasteiger partial charge in [-0.2, -0.15) is 0 Å². The molecular weight excluding hydrogens is 462 g/mol. The molecule has 0 atom stereocenters. The minimum Gasteiger partial charge on any atom is -0.383 e. The van der Waals surface area contributed by atoms with Crippen molar-refractivity contribution < 1.29 is 14.3 Å². The second kappa shape index (κ2) is 10.9. The van der Waals surface area contributed by atoms with Crippen LogP contribution in [0, 0.1) is 6.92 Å². The summed E-state index contributed by atoms with van der Waals surface area (Å²) in [4.78, 5) is 31.2. The number of hydrogen-bond donors (Lipinski definition) is 1. The van der Waals surface area contributed by atoms with Crippen LogP contribution in [-0.4, -0.2) is 65.9 Å². The number of amides is 2. The fourth-order valence-corrected chi connectivity index (χ4v) is 5.00. The van der Waals surface area contributed by atoms with Crippen LogP contribution in [0.3, 0.4) is 0 Å². The van der Waals surface area contributed by atoms with Crippen molar-refractivity contribution in [2.75, 3.05) is 34.4 Å². The summed E-state index contributed by atoms with van der Waals surface area (Å²) in [6, 6.07) is 17.5. The second-order valence-corrected chi connectivity index (χ2v) is 9.26. The van der Waals surface area contributed by atoms with Gasteiger partial charge in [-0.15, -0.1) is 0 Å². The number of benzene rings is 2. The maximum Gasteiger partial charge on any atom is 0.281 e. The first-order valence-electron chi connectivity index (χ1n) is 11.3. The molecule has 8 nitrogen and oxygen atoms in total. The SMILES string of the molecule is COCCNC(=O)Cn1c(C)c(C=C2SC(=Nc3ccccc3)N(N(C)C)C2=O)c2ccccc21. The van der Waals surface area contributed by atoms with E-state index >= 15 is 0 Å². The molecule has 3 aromatic rings. The lowest BCUT2D eigenvalue weighted by Crippen LogP contribution is -2.40. The molecule has 2 aromatic carbocycles. The number of aromatic nitrogens is 1. The average Bonchev–Trinajstić information content (AvgIpc) is 3.29. The Morgan fingerprint density at radius 3 is 2.57 bits per heavy atom. The van der Waals surface area contributed by atoms with E-state index in [1.165, 1.54) is 11.8 Å². The summed E-state index contributed by atoms with van der Waals surface area (Å²) in [6.07, 6.45) is 1.91. The zero-order chi connectivity index (χ0) is 24.9. The minimum atomic E-state index is -0.136. The third-order valence-electron chi connectivity index (χ3n) is 5.65. The van der Waals surface area contributed by atoms with Crippen molar-refractivity contribution >= 4 is 51.4 Å². The van der Waals surface area contributed by atoms with Crippen molar-refractivity contribution in [3.63, 3.8) is 0 Å². The van der Waals surface area contributed by atoms with Crippen molar-refractivity contribution in [2.24, 2.45) is 4.99 Å². The smallest absolute Gasteiger partial charge is 0.281 e. The van der Waals surface area contributed by atoms with E-state index in [2.05, 4.69) is 5.32 Å². The van der Waals surface area contributed by atoms with E-state index in [9.17, 15) is 9.59 Å². The number of nitrogens with zero attached hydrogens (tertiary/aromatic N) is 4. The molecule has 1 aromatic heterocycles. The van der Waals surface area contributed by atoms with Crippen LogP contribution in [0.4, 0.5) is 5.69 Å². The summed E-state index contributed by atoms with van der Waals surface area (Å²) < 4.78 is 7.00. The highest BCUT2D eigenvalue weighted by molar-refractivity contribution is 8.18. The van der Waals surface area contributed by atoms with Gasteiger partial charge < -0.3 is 14.6 Å². The largest absolute Gasteiger partial charge is 0.383 e. The maximum atomic E-state index is 13.4. The summed E-state index contributed by atoms with van der Waals surface area (Å²) in [6.45, 7) is 3.08. The lowest BCUT2D eigenvalue weighted by molar-refractivity contribution is -0.130. The van der Waals surface area contributed by atoms with Crippen LogP contribution < -0.4 is 5.32 Å². The Kier molecular flexibility index (Phi) is 7.70. The molecule has 35 heavy (non-hydrogen) atoms. The molecule has 0 unspecified atom stereocenters. The molecule has 0 aliphatic carbocycles. The Hall–Kier alpha value is -3.40. The van der Waals surface area contributed by atoms with Gasteiger partial charge in [-0.05, 0) is 43.0 Å². The van der Waals surface area contributed by atoms with Crippen molar-refractivity contribution in [3.05, 3.63) is 70.8 Å². The Labute approximate surface area is 209 Å². The topological polar surface area (TPSA) is 79.2 Å². The first-order valence-corrected chi connectivity index (χ1v) is 12.1. The van der Waals surface area contributed by atoms with Crippen molar-refractivity contribution in [2.45, 2.75) is 13.5 Å². The van der Waals surface area contributed by atoms with Gasteiger partial charge in [0, 0.05) is 49.9 Å². The summed E-state index contributed by atoms with van der Waals surface area (Å²) >= 11 is 1.34. The van der Waals surface area contributed by atoms with Gasteiger partial charge in [-0.25, -0.2) is 15.0 Å². The number of fused-ring (bicyclic) bond motifs is 1. The zero-order valence-electron chi connectivity index (χ0n) is 20.3. The number of thioether (sulfide) groups is 1. The third kappa shape index (κ3) is 5.32. The molecule has 1 N–H and O–H groups in total. The quantitative estimate of drug-likeness (QED) is 0.383. The monoisotopic (exact) mass is 491 g/mol. The second-order valence-electron chi connectivity index (χ2n) is 8.25. The first-order chi connectivity index (χ1) is 16.9. The summed E-state index contributed by atoms with van der Waals surface area (Å²) in [5.41, 5.74) is 3.56. The summed E-state index contributed by atoms with van der Waals surface area (Å²) in [5.74, 6) is -0.226. The molecule has 2 amide bonds. The molecule has 0 bridgehead atoms. The molecule has 1 fully saturated rings. The number of hydrogen-bond acceptors (Lipinski definition) is 6. The molecular formula is C26H29N5O3S. The molecule has 0 radical (unpaired) electrons. The van der Waals surface area contributed by atoms with Gasteiger partial charge in [0.15, 0.2) is 5.17 Å². The highest BCUT2D eigenvalue weighted by Crippen LogP contribution is 2.37. The Morgan fingerprint density at radius 2 is 1.86 bits per heavy atom. The fraction of sp³-hybridized carbons (Fsp3) is 0.269. The number of hydrazine groups is 1. The predicted octanol–water partition coefficient (Wildman–Crippen LogP) is 3.79. The number of carbonyl (C=O) groups excluding carboxylic acids is 2.